The predicted octanol–water partition coefficient (Wildman–Crippen LogP) is 1.38. The zero-order valence-corrected chi connectivity index (χ0v) is 23.6. The number of aliphatic carboxylic acids is 1. The minimum absolute atomic E-state index is 0.0127. The van der Waals surface area contributed by atoms with Crippen molar-refractivity contribution in [3.8, 4) is 0 Å². The van der Waals surface area contributed by atoms with Gasteiger partial charge in [0.15, 0.2) is 11.4 Å². The monoisotopic (exact) mass is 566 g/mol. The lowest BCUT2D eigenvalue weighted by Gasteiger charge is -2.43. The number of hydrogen-bond acceptors (Lipinski definition) is 9. The molecule has 4 rings (SSSR count). The highest BCUT2D eigenvalue weighted by molar-refractivity contribution is 6.67. The molecule has 2 aliphatic heterocycles. The average Bonchev–Trinajstić information content (AvgIpc) is 3.13. The predicted molar refractivity (Wildman–Crippen MR) is 147 cm³/mol. The first-order chi connectivity index (χ1) is 19.4. The number of ketones is 1. The van der Waals surface area contributed by atoms with Crippen LogP contribution < -0.4 is 5.32 Å². The van der Waals surface area contributed by atoms with Gasteiger partial charge in [-0.25, -0.2) is 4.98 Å². The molecule has 2 amide bonds. The summed E-state index contributed by atoms with van der Waals surface area (Å²) in [5.41, 5.74) is -0.921. The second-order valence-corrected chi connectivity index (χ2v) is 11.3. The Balaban J connectivity index is 1.62. The number of rotatable bonds is 12. The molecule has 0 saturated carbocycles. The molecule has 3 heterocycles. The van der Waals surface area contributed by atoms with Gasteiger partial charge in [-0.3, -0.25) is 24.2 Å². The van der Waals surface area contributed by atoms with E-state index < -0.39 is 54.4 Å². The fraction of sp³-hybridized carbons (Fsp3) is 0.464. The molecule has 4 atom stereocenters. The number of carbonyl (C=O) groups is 5. The molecule has 41 heavy (non-hydrogen) atoms. The Bertz CT molecular complexity index is 1310. The molecule has 0 spiro atoms. The molecule has 2 saturated heterocycles. The van der Waals surface area contributed by atoms with Crippen molar-refractivity contribution in [2.24, 2.45) is 5.92 Å². The van der Waals surface area contributed by atoms with E-state index in [1.165, 1.54) is 37.6 Å². The number of carboxylic acids is 1. The van der Waals surface area contributed by atoms with E-state index in [9.17, 15) is 24.0 Å². The summed E-state index contributed by atoms with van der Waals surface area (Å²) < 4.78 is 16.1. The second kappa shape index (κ2) is 12.2. The van der Waals surface area contributed by atoms with Crippen LogP contribution in [0.2, 0.25) is 5.82 Å². The van der Waals surface area contributed by atoms with Crippen LogP contribution in [0.1, 0.15) is 55.6 Å². The Labute approximate surface area is 238 Å². The molecule has 0 aliphatic carbocycles. The Morgan fingerprint density at radius 3 is 2.51 bits per heavy atom. The van der Waals surface area contributed by atoms with Gasteiger partial charge in [0.2, 0.25) is 5.91 Å². The van der Waals surface area contributed by atoms with E-state index in [0.29, 0.717) is 6.42 Å². The Kier molecular flexibility index (Phi) is 8.86. The zero-order valence-electron chi connectivity index (χ0n) is 23.6. The summed E-state index contributed by atoms with van der Waals surface area (Å²) in [6.07, 6.45) is 3.66. The highest BCUT2D eigenvalue weighted by atomic mass is 16.8. The molecule has 1 unspecified atom stereocenters. The van der Waals surface area contributed by atoms with E-state index in [0.717, 1.165) is 5.56 Å². The summed E-state index contributed by atoms with van der Waals surface area (Å²) in [5, 5.41) is 2.77. The van der Waals surface area contributed by atoms with Gasteiger partial charge in [0.05, 0.1) is 18.7 Å². The summed E-state index contributed by atoms with van der Waals surface area (Å²) in [6, 6.07) is 8.23. The van der Waals surface area contributed by atoms with E-state index in [-0.39, 0.29) is 36.7 Å². The highest BCUT2D eigenvalue weighted by Gasteiger charge is 2.68. The number of aromatic nitrogens is 2. The standard InChI is InChI=1S/C28H35BN4O8/c1-18(2)12-20(29-39-25(36)16-28(41-29,27(38)40-29)15-24(35)33(3)4)14-23(34)21(13-19-8-6-5-7-9-19)32-26(37)22-17-30-10-11-31-22/h5-11,17-18,20-21,39H,12-16H2,1-4H3,(H,32,37)/t20-,21+,28+,29?/m1/s1. The normalized spacial score (nSPS) is 22.9. The van der Waals surface area contributed by atoms with E-state index in [1.54, 1.807) is 0 Å². The lowest BCUT2D eigenvalue weighted by Crippen LogP contribution is -2.59. The van der Waals surface area contributed by atoms with Gasteiger partial charge in [0.25, 0.3) is 11.9 Å². The quantitative estimate of drug-likeness (QED) is 0.296. The first kappa shape index (κ1) is 29.8. The van der Waals surface area contributed by atoms with Gasteiger partial charge in [0, 0.05) is 31.3 Å². The molecule has 2 aromatic rings. The Morgan fingerprint density at radius 2 is 1.88 bits per heavy atom. The van der Waals surface area contributed by atoms with Crippen LogP contribution >= 0.6 is 0 Å². The molecular formula is C28H35BN4O8. The molecule has 218 valence electrons. The van der Waals surface area contributed by atoms with Crippen LogP contribution in [-0.2, 0) is 34.9 Å². The summed E-state index contributed by atoms with van der Waals surface area (Å²) in [5.74, 6) is -3.57. The third-order valence-corrected chi connectivity index (χ3v) is 7.34. The fourth-order valence-corrected chi connectivity index (χ4v) is 5.34. The third-order valence-electron chi connectivity index (χ3n) is 7.34. The number of nitrogens with one attached hydrogen (secondary N) is 1. The largest absolute Gasteiger partial charge is 0.718 e. The van der Waals surface area contributed by atoms with Crippen molar-refractivity contribution in [2.75, 3.05) is 14.1 Å². The van der Waals surface area contributed by atoms with Gasteiger partial charge in [0.1, 0.15) is 12.1 Å². The molecule has 2 N–H and O–H groups in total. The smallest absolute Gasteiger partial charge is 0.576 e. The van der Waals surface area contributed by atoms with Crippen LogP contribution in [0.15, 0.2) is 48.9 Å². The van der Waals surface area contributed by atoms with Crippen LogP contribution in [0.5, 0.6) is 0 Å². The minimum atomic E-state index is -2.92. The van der Waals surface area contributed by atoms with Crippen LogP contribution in [0.25, 0.3) is 0 Å². The number of fused-ring (bicyclic) bond motifs is 2. The number of Topliss-reactive ketones (excluding diaryl/α,β-unsaturated/α-hetero) is 1. The van der Waals surface area contributed by atoms with E-state index in [4.69, 9.17) is 9.31 Å². The maximum atomic E-state index is 13.9. The first-order valence-electron chi connectivity index (χ1n) is 13.6. The second-order valence-electron chi connectivity index (χ2n) is 11.3. The summed E-state index contributed by atoms with van der Waals surface area (Å²) in [4.78, 5) is 74.7. The SMILES string of the molecule is CC(C)C[C@H](CC(=O)[C@H](Cc1ccccc1)NC(=O)c1cnccn1)[B-]12OC(=O)[C@](CC(=O)N(C)C)(CC(=O)[OH+]1)O2. The van der Waals surface area contributed by atoms with Crippen LogP contribution in [0.3, 0.4) is 0 Å². The van der Waals surface area contributed by atoms with Crippen LogP contribution in [-0.4, -0.2) is 81.6 Å². The fourth-order valence-electron chi connectivity index (χ4n) is 5.34. The van der Waals surface area contributed by atoms with Crippen molar-refractivity contribution in [3.63, 3.8) is 0 Å². The average molecular weight is 566 g/mol. The molecule has 2 fully saturated rings. The molecule has 13 heteroatoms. The topological polar surface area (TPSA) is 158 Å². The van der Waals surface area contributed by atoms with Gasteiger partial charge in [-0.15, -0.1) is 0 Å². The van der Waals surface area contributed by atoms with Crippen molar-refractivity contribution < 1.29 is 37.9 Å². The lowest BCUT2D eigenvalue weighted by molar-refractivity contribution is -0.170. The molecule has 2 aliphatic rings. The van der Waals surface area contributed by atoms with E-state index >= 15 is 0 Å². The maximum absolute atomic E-state index is 13.9. The number of benzene rings is 1. The zero-order chi connectivity index (χ0) is 29.8. The third kappa shape index (κ3) is 6.79. The maximum Gasteiger partial charge on any atom is 0.576 e. The van der Waals surface area contributed by atoms with Gasteiger partial charge >= 0.3 is 12.7 Å². The minimum Gasteiger partial charge on any atom is -0.718 e. The van der Waals surface area contributed by atoms with Crippen molar-refractivity contribution >= 4 is 36.3 Å². The van der Waals surface area contributed by atoms with Crippen molar-refractivity contribution in [2.45, 2.75) is 63.4 Å². The Morgan fingerprint density at radius 1 is 1.15 bits per heavy atom. The van der Waals surface area contributed by atoms with Gasteiger partial charge in [-0.2, -0.15) is 0 Å². The van der Waals surface area contributed by atoms with Gasteiger partial charge < -0.3 is 24.2 Å². The highest BCUT2D eigenvalue weighted by Crippen LogP contribution is 2.47. The number of amides is 2. The van der Waals surface area contributed by atoms with E-state index in [2.05, 4.69) is 19.9 Å². The van der Waals surface area contributed by atoms with Crippen molar-refractivity contribution in [1.29, 1.82) is 0 Å². The van der Waals surface area contributed by atoms with Gasteiger partial charge in [-0.05, 0) is 30.1 Å². The lowest BCUT2D eigenvalue weighted by atomic mass is 9.57. The van der Waals surface area contributed by atoms with Crippen molar-refractivity contribution in [3.05, 3.63) is 60.2 Å². The van der Waals surface area contributed by atoms with Crippen LogP contribution in [0.4, 0.5) is 0 Å². The number of hydrogen-bond donors (Lipinski definition) is 1. The summed E-state index contributed by atoms with van der Waals surface area (Å²) in [6.45, 7) is 0.926. The Hall–Kier alpha value is -4.13. The molecule has 0 radical (unpaired) electrons. The molecule has 12 nitrogen and oxygen atoms in total. The first-order valence-corrected chi connectivity index (χ1v) is 13.6. The van der Waals surface area contributed by atoms with E-state index in [1.807, 2.05) is 44.2 Å². The summed E-state index contributed by atoms with van der Waals surface area (Å²) >= 11 is 0. The van der Waals surface area contributed by atoms with Crippen LogP contribution in [0, 0.1) is 5.92 Å². The molecular weight excluding hydrogens is 531 g/mol. The summed E-state index contributed by atoms with van der Waals surface area (Å²) in [7, 11) is 3.07. The van der Waals surface area contributed by atoms with Gasteiger partial charge in [-0.1, -0.05) is 50.6 Å². The molecule has 1 aromatic carbocycles. The molecule has 1 aromatic heterocycles. The van der Waals surface area contributed by atoms with Crippen molar-refractivity contribution in [1.82, 2.24) is 20.2 Å². The number of carbonyl (C=O) groups excluding carboxylic acids is 4. The molecule has 2 bridgehead atoms. The number of nitrogens with zero attached hydrogens (tertiary/aromatic N) is 3.